The number of β-amino-alcohol motifs (C(OH)–C–C–N with tert-alkyl or cyclic N) is 1. The minimum absolute atomic E-state index is 0.00822. The summed E-state index contributed by atoms with van der Waals surface area (Å²) < 4.78 is 0. The van der Waals surface area contributed by atoms with Gasteiger partial charge in [-0.05, 0) is 44.1 Å². The largest absolute Gasteiger partial charge is 0.391 e. The van der Waals surface area contributed by atoms with Gasteiger partial charge >= 0.3 is 0 Å². The van der Waals surface area contributed by atoms with E-state index in [4.69, 9.17) is 0 Å². The first kappa shape index (κ1) is 18.9. The van der Waals surface area contributed by atoms with Crippen molar-refractivity contribution in [2.45, 2.75) is 45.6 Å². The van der Waals surface area contributed by atoms with Gasteiger partial charge in [-0.25, -0.2) is 0 Å². The molecule has 1 aromatic carbocycles. The van der Waals surface area contributed by atoms with Gasteiger partial charge in [-0.2, -0.15) is 0 Å². The van der Waals surface area contributed by atoms with Gasteiger partial charge in [0.15, 0.2) is 0 Å². The van der Waals surface area contributed by atoms with E-state index in [0.717, 1.165) is 32.2 Å². The molecule has 142 valence electrons. The second kappa shape index (κ2) is 8.21. The van der Waals surface area contributed by atoms with E-state index in [1.165, 1.54) is 11.1 Å². The summed E-state index contributed by atoms with van der Waals surface area (Å²) in [5.41, 5.74) is 2.49. The van der Waals surface area contributed by atoms with Crippen LogP contribution >= 0.6 is 0 Å². The molecule has 26 heavy (non-hydrogen) atoms. The first-order valence-corrected chi connectivity index (χ1v) is 9.72. The lowest BCUT2D eigenvalue weighted by molar-refractivity contribution is -0.143. The van der Waals surface area contributed by atoms with E-state index >= 15 is 0 Å². The SMILES string of the molecule is CC(=O)N1CCC(C(=O)N2CC[C@H](Cc3cccc(C)c3)[C@H](O)C2)CC1. The lowest BCUT2D eigenvalue weighted by Crippen LogP contribution is -2.50. The number of aliphatic hydroxyl groups excluding tert-OH is 1. The molecule has 0 aliphatic carbocycles. The van der Waals surface area contributed by atoms with E-state index in [0.29, 0.717) is 19.6 Å². The minimum atomic E-state index is -0.467. The molecule has 2 saturated heterocycles. The highest BCUT2D eigenvalue weighted by Gasteiger charge is 2.34. The molecule has 0 radical (unpaired) electrons. The molecule has 3 rings (SSSR count). The van der Waals surface area contributed by atoms with E-state index in [1.807, 2.05) is 9.80 Å². The summed E-state index contributed by atoms with van der Waals surface area (Å²) in [7, 11) is 0. The fraction of sp³-hybridized carbons (Fsp3) is 0.619. The van der Waals surface area contributed by atoms with Crippen molar-refractivity contribution in [2.75, 3.05) is 26.2 Å². The van der Waals surface area contributed by atoms with Crippen LogP contribution in [0, 0.1) is 18.8 Å². The predicted molar refractivity (Wildman–Crippen MR) is 101 cm³/mol. The molecule has 2 atom stereocenters. The molecule has 0 bridgehead atoms. The van der Waals surface area contributed by atoms with Crippen LogP contribution < -0.4 is 0 Å². The standard InChI is InChI=1S/C21H30N2O3/c1-15-4-3-5-17(12-15)13-19-8-11-23(14-20(19)25)21(26)18-6-9-22(10-7-18)16(2)24/h3-5,12,18-20,25H,6-11,13-14H2,1-2H3/t19-,20-/m1/s1. The predicted octanol–water partition coefficient (Wildman–Crippen LogP) is 2.01. The molecule has 2 aliphatic heterocycles. The molecule has 1 N–H and O–H groups in total. The molecule has 5 nitrogen and oxygen atoms in total. The van der Waals surface area contributed by atoms with Gasteiger partial charge in [-0.3, -0.25) is 9.59 Å². The molecule has 0 aromatic heterocycles. The second-order valence-corrected chi connectivity index (χ2v) is 7.87. The van der Waals surface area contributed by atoms with Crippen molar-refractivity contribution in [3.05, 3.63) is 35.4 Å². The quantitative estimate of drug-likeness (QED) is 0.899. The van der Waals surface area contributed by atoms with Gasteiger partial charge in [-0.1, -0.05) is 29.8 Å². The number of nitrogens with zero attached hydrogens (tertiary/aromatic N) is 2. The highest BCUT2D eigenvalue weighted by molar-refractivity contribution is 5.80. The summed E-state index contributed by atoms with van der Waals surface area (Å²) in [5, 5.41) is 10.6. The molecule has 2 amide bonds. The molecule has 0 spiro atoms. The zero-order valence-electron chi connectivity index (χ0n) is 15.9. The van der Waals surface area contributed by atoms with Crippen molar-refractivity contribution in [3.63, 3.8) is 0 Å². The number of rotatable bonds is 3. The number of likely N-dealkylation sites (tertiary alicyclic amines) is 2. The zero-order chi connectivity index (χ0) is 18.7. The molecular weight excluding hydrogens is 328 g/mol. The maximum absolute atomic E-state index is 12.8. The number of piperidine rings is 2. The average molecular weight is 358 g/mol. The zero-order valence-corrected chi connectivity index (χ0v) is 15.9. The van der Waals surface area contributed by atoms with Crippen molar-refractivity contribution in [1.82, 2.24) is 9.80 Å². The van der Waals surface area contributed by atoms with Crippen LogP contribution in [0.15, 0.2) is 24.3 Å². The number of benzene rings is 1. The Morgan fingerprint density at radius 1 is 1.12 bits per heavy atom. The number of hydrogen-bond acceptors (Lipinski definition) is 3. The summed E-state index contributed by atoms with van der Waals surface area (Å²) in [6, 6.07) is 8.43. The van der Waals surface area contributed by atoms with Crippen LogP contribution in [0.1, 0.15) is 37.3 Å². The Balaban J connectivity index is 1.52. The topological polar surface area (TPSA) is 60.9 Å². The van der Waals surface area contributed by atoms with E-state index in [9.17, 15) is 14.7 Å². The molecule has 2 aliphatic rings. The number of hydrogen-bond donors (Lipinski definition) is 1. The van der Waals surface area contributed by atoms with Crippen LogP contribution in [-0.2, 0) is 16.0 Å². The third kappa shape index (κ3) is 4.44. The molecule has 2 heterocycles. The normalized spacial score (nSPS) is 24.6. The lowest BCUT2D eigenvalue weighted by atomic mass is 9.86. The summed E-state index contributed by atoms with van der Waals surface area (Å²) in [6.45, 7) is 6.15. The second-order valence-electron chi connectivity index (χ2n) is 7.87. The Morgan fingerprint density at radius 2 is 1.81 bits per heavy atom. The summed E-state index contributed by atoms with van der Waals surface area (Å²) in [6.07, 6.45) is 2.70. The first-order valence-electron chi connectivity index (χ1n) is 9.72. The van der Waals surface area contributed by atoms with Gasteiger partial charge < -0.3 is 14.9 Å². The van der Waals surface area contributed by atoms with Crippen LogP contribution in [-0.4, -0.2) is 59.0 Å². The summed E-state index contributed by atoms with van der Waals surface area (Å²) >= 11 is 0. The fourth-order valence-electron chi connectivity index (χ4n) is 4.26. The third-order valence-electron chi connectivity index (χ3n) is 5.90. The first-order chi connectivity index (χ1) is 12.4. The molecule has 0 unspecified atom stereocenters. The Bertz CT molecular complexity index is 652. The van der Waals surface area contributed by atoms with Gasteiger partial charge in [0.1, 0.15) is 0 Å². The number of amides is 2. The number of aryl methyl sites for hydroxylation is 1. The fourth-order valence-corrected chi connectivity index (χ4v) is 4.26. The van der Waals surface area contributed by atoms with E-state index < -0.39 is 6.10 Å². The van der Waals surface area contributed by atoms with Crippen molar-refractivity contribution in [1.29, 1.82) is 0 Å². The van der Waals surface area contributed by atoms with Crippen LogP contribution in [0.4, 0.5) is 0 Å². The van der Waals surface area contributed by atoms with E-state index in [2.05, 4.69) is 31.2 Å². The monoisotopic (exact) mass is 358 g/mol. The average Bonchev–Trinajstić information content (AvgIpc) is 2.63. The Hall–Kier alpha value is -1.88. The molecular formula is C21H30N2O3. The number of carbonyl (C=O) groups excluding carboxylic acids is 2. The number of carbonyl (C=O) groups is 2. The highest BCUT2D eigenvalue weighted by Crippen LogP contribution is 2.26. The van der Waals surface area contributed by atoms with Gasteiger partial charge in [0.2, 0.25) is 11.8 Å². The van der Waals surface area contributed by atoms with Gasteiger partial charge in [0.05, 0.1) is 6.10 Å². The minimum Gasteiger partial charge on any atom is -0.391 e. The number of aliphatic hydroxyl groups is 1. The Morgan fingerprint density at radius 3 is 2.42 bits per heavy atom. The van der Waals surface area contributed by atoms with E-state index in [-0.39, 0.29) is 23.7 Å². The van der Waals surface area contributed by atoms with Crippen molar-refractivity contribution in [2.24, 2.45) is 11.8 Å². The highest BCUT2D eigenvalue weighted by atomic mass is 16.3. The summed E-state index contributed by atoms with van der Waals surface area (Å²) in [5.74, 6) is 0.441. The van der Waals surface area contributed by atoms with Gasteiger partial charge in [-0.15, -0.1) is 0 Å². The Kier molecular flexibility index (Phi) is 5.97. The van der Waals surface area contributed by atoms with Crippen LogP contribution in [0.25, 0.3) is 0 Å². The third-order valence-corrected chi connectivity index (χ3v) is 5.90. The molecule has 5 heteroatoms. The van der Waals surface area contributed by atoms with Crippen molar-refractivity contribution in [3.8, 4) is 0 Å². The molecule has 2 fully saturated rings. The summed E-state index contributed by atoms with van der Waals surface area (Å²) in [4.78, 5) is 27.9. The van der Waals surface area contributed by atoms with Crippen molar-refractivity contribution < 1.29 is 14.7 Å². The maximum atomic E-state index is 12.8. The lowest BCUT2D eigenvalue weighted by Gasteiger charge is -2.39. The van der Waals surface area contributed by atoms with Gasteiger partial charge in [0, 0.05) is 39.0 Å². The van der Waals surface area contributed by atoms with Crippen LogP contribution in [0.2, 0.25) is 0 Å². The van der Waals surface area contributed by atoms with Crippen LogP contribution in [0.3, 0.4) is 0 Å². The van der Waals surface area contributed by atoms with E-state index in [1.54, 1.807) is 6.92 Å². The Labute approximate surface area is 156 Å². The van der Waals surface area contributed by atoms with Crippen molar-refractivity contribution >= 4 is 11.8 Å². The molecule has 0 saturated carbocycles. The smallest absolute Gasteiger partial charge is 0.225 e. The molecule has 1 aromatic rings. The maximum Gasteiger partial charge on any atom is 0.225 e. The van der Waals surface area contributed by atoms with Crippen LogP contribution in [0.5, 0.6) is 0 Å². The van der Waals surface area contributed by atoms with Gasteiger partial charge in [0.25, 0.3) is 0 Å².